The second kappa shape index (κ2) is 7.81. The Balaban J connectivity index is 1.73. The fourth-order valence-electron chi connectivity index (χ4n) is 2.61. The van der Waals surface area contributed by atoms with E-state index in [9.17, 15) is 0 Å². The minimum Gasteiger partial charge on any atom is -0.383 e. The maximum Gasteiger partial charge on any atom is 0.0971 e. The average molecular weight is 323 g/mol. The van der Waals surface area contributed by atoms with Gasteiger partial charge in [-0.25, -0.2) is 4.68 Å². The molecule has 0 fully saturated rings. The summed E-state index contributed by atoms with van der Waals surface area (Å²) in [5.74, 6) is 0. The largest absolute Gasteiger partial charge is 0.383 e. The molecule has 0 amide bonds. The zero-order valence-electron chi connectivity index (χ0n) is 13.9. The molecule has 0 radical (unpaired) electrons. The van der Waals surface area contributed by atoms with Crippen LogP contribution in [0.3, 0.4) is 0 Å². The van der Waals surface area contributed by atoms with E-state index in [4.69, 9.17) is 4.74 Å². The Bertz CT molecular complexity index is 744. The molecule has 0 bridgehead atoms. The Morgan fingerprint density at radius 3 is 2.62 bits per heavy atom. The lowest BCUT2D eigenvalue weighted by Crippen LogP contribution is -2.28. The third-order valence-electron chi connectivity index (χ3n) is 3.86. The number of para-hydroxylation sites is 1. The van der Waals surface area contributed by atoms with Gasteiger partial charge in [0, 0.05) is 19.9 Å². The molecule has 0 aliphatic heterocycles. The highest BCUT2D eigenvalue weighted by Crippen LogP contribution is 2.19. The molecule has 0 N–H and O–H groups in total. The van der Waals surface area contributed by atoms with Gasteiger partial charge in [0.1, 0.15) is 0 Å². The minimum atomic E-state index is 0.0677. The number of pyridine rings is 1. The monoisotopic (exact) mass is 323 g/mol. The predicted octanol–water partition coefficient (Wildman–Crippen LogP) is 2.48. The van der Waals surface area contributed by atoms with Gasteiger partial charge < -0.3 is 4.74 Å². The highest BCUT2D eigenvalue weighted by atomic mass is 16.5. The van der Waals surface area contributed by atoms with E-state index in [0.717, 1.165) is 17.1 Å². The molecule has 1 atom stereocenters. The van der Waals surface area contributed by atoms with Crippen LogP contribution in [0.15, 0.2) is 60.9 Å². The Labute approximate surface area is 141 Å². The van der Waals surface area contributed by atoms with Gasteiger partial charge in [0.25, 0.3) is 0 Å². The molecule has 0 aliphatic carbocycles. The van der Waals surface area contributed by atoms with Crippen molar-refractivity contribution in [2.45, 2.75) is 12.6 Å². The van der Waals surface area contributed by atoms with Gasteiger partial charge in [-0.05, 0) is 31.3 Å². The number of rotatable bonds is 7. The second-order valence-electron chi connectivity index (χ2n) is 5.63. The summed E-state index contributed by atoms with van der Waals surface area (Å²) in [5.41, 5.74) is 2.88. The van der Waals surface area contributed by atoms with Crippen LogP contribution in [-0.2, 0) is 11.3 Å². The molecule has 6 heteroatoms. The number of hydrogen-bond acceptors (Lipinski definition) is 5. The van der Waals surface area contributed by atoms with E-state index in [0.29, 0.717) is 13.2 Å². The number of nitrogens with zero attached hydrogens (tertiary/aromatic N) is 5. The van der Waals surface area contributed by atoms with Crippen LogP contribution in [0.4, 0.5) is 0 Å². The molecule has 0 aliphatic rings. The number of ether oxygens (including phenoxy) is 1. The van der Waals surface area contributed by atoms with Crippen molar-refractivity contribution in [3.63, 3.8) is 0 Å². The second-order valence-corrected chi connectivity index (χ2v) is 5.63. The Morgan fingerprint density at radius 1 is 1.12 bits per heavy atom. The third-order valence-corrected chi connectivity index (χ3v) is 3.86. The molecule has 6 nitrogen and oxygen atoms in total. The summed E-state index contributed by atoms with van der Waals surface area (Å²) < 4.78 is 7.16. The summed E-state index contributed by atoms with van der Waals surface area (Å²) in [6.45, 7) is 1.23. The summed E-state index contributed by atoms with van der Waals surface area (Å²) in [4.78, 5) is 6.62. The average Bonchev–Trinajstić information content (AvgIpc) is 3.09. The van der Waals surface area contributed by atoms with E-state index in [1.54, 1.807) is 18.0 Å². The van der Waals surface area contributed by atoms with Crippen LogP contribution in [-0.4, -0.2) is 45.6 Å². The van der Waals surface area contributed by atoms with Gasteiger partial charge in [-0.1, -0.05) is 29.5 Å². The Morgan fingerprint density at radius 2 is 1.92 bits per heavy atom. The van der Waals surface area contributed by atoms with Crippen LogP contribution in [0.2, 0.25) is 0 Å². The molecule has 3 rings (SSSR count). The van der Waals surface area contributed by atoms with Crippen LogP contribution in [0.1, 0.15) is 17.4 Å². The van der Waals surface area contributed by atoms with E-state index >= 15 is 0 Å². The molecular formula is C18H21N5O. The first-order chi connectivity index (χ1) is 11.8. The minimum absolute atomic E-state index is 0.0677. The van der Waals surface area contributed by atoms with Crippen molar-refractivity contribution in [3.05, 3.63) is 72.3 Å². The van der Waals surface area contributed by atoms with Gasteiger partial charge in [-0.15, -0.1) is 5.10 Å². The number of benzene rings is 1. The normalized spacial score (nSPS) is 12.5. The lowest BCUT2D eigenvalue weighted by Gasteiger charge is -2.26. The SMILES string of the molecule is COC[C@H](c1ccccn1)N(C)Cc1cn(-c2ccccc2)nn1. The number of hydrogen-bond donors (Lipinski definition) is 0. The van der Waals surface area contributed by atoms with Crippen molar-refractivity contribution in [2.75, 3.05) is 20.8 Å². The zero-order valence-corrected chi connectivity index (χ0v) is 13.9. The quantitative estimate of drug-likeness (QED) is 0.668. The first-order valence-electron chi connectivity index (χ1n) is 7.84. The van der Waals surface area contributed by atoms with E-state index in [2.05, 4.69) is 20.2 Å². The van der Waals surface area contributed by atoms with Crippen molar-refractivity contribution >= 4 is 0 Å². The summed E-state index contributed by atoms with van der Waals surface area (Å²) in [5, 5.41) is 8.49. The molecule has 2 aromatic heterocycles. The molecule has 24 heavy (non-hydrogen) atoms. The van der Waals surface area contributed by atoms with Crippen LogP contribution in [0.5, 0.6) is 0 Å². The molecule has 1 aromatic carbocycles. The maximum absolute atomic E-state index is 5.37. The van der Waals surface area contributed by atoms with Gasteiger partial charge in [0.05, 0.1) is 35.9 Å². The van der Waals surface area contributed by atoms with Gasteiger partial charge in [0.2, 0.25) is 0 Å². The Hall–Kier alpha value is -2.57. The van der Waals surface area contributed by atoms with Crippen molar-refractivity contribution in [3.8, 4) is 5.69 Å². The number of methoxy groups -OCH3 is 1. The number of likely N-dealkylation sites (N-methyl/N-ethyl adjacent to an activating group) is 1. The summed E-state index contributed by atoms with van der Waals surface area (Å²) in [6.07, 6.45) is 3.76. The van der Waals surface area contributed by atoms with Crippen LogP contribution >= 0.6 is 0 Å². The van der Waals surface area contributed by atoms with E-state index in [1.165, 1.54) is 0 Å². The van der Waals surface area contributed by atoms with E-state index in [1.807, 2.05) is 61.8 Å². The lowest BCUT2D eigenvalue weighted by atomic mass is 10.1. The molecule has 0 unspecified atom stereocenters. The lowest BCUT2D eigenvalue weighted by molar-refractivity contribution is 0.0992. The fourth-order valence-corrected chi connectivity index (χ4v) is 2.61. The molecule has 2 heterocycles. The topological polar surface area (TPSA) is 56.1 Å². The predicted molar refractivity (Wildman–Crippen MR) is 91.7 cm³/mol. The summed E-state index contributed by atoms with van der Waals surface area (Å²) in [7, 11) is 3.75. The maximum atomic E-state index is 5.37. The Kier molecular flexibility index (Phi) is 5.30. The zero-order chi connectivity index (χ0) is 16.8. The first kappa shape index (κ1) is 16.3. The van der Waals surface area contributed by atoms with Crippen molar-refractivity contribution in [2.24, 2.45) is 0 Å². The summed E-state index contributed by atoms with van der Waals surface area (Å²) in [6, 6.07) is 15.9. The van der Waals surface area contributed by atoms with Gasteiger partial charge in [-0.2, -0.15) is 0 Å². The van der Waals surface area contributed by atoms with Crippen LogP contribution < -0.4 is 0 Å². The highest BCUT2D eigenvalue weighted by molar-refractivity contribution is 5.29. The molecule has 0 spiro atoms. The number of aromatic nitrogens is 4. The van der Waals surface area contributed by atoms with E-state index in [-0.39, 0.29) is 6.04 Å². The van der Waals surface area contributed by atoms with Gasteiger partial charge >= 0.3 is 0 Å². The van der Waals surface area contributed by atoms with Crippen molar-refractivity contribution < 1.29 is 4.74 Å². The van der Waals surface area contributed by atoms with Crippen molar-refractivity contribution in [1.29, 1.82) is 0 Å². The molecule has 3 aromatic rings. The molecular weight excluding hydrogens is 302 g/mol. The molecule has 0 saturated carbocycles. The summed E-state index contributed by atoms with van der Waals surface area (Å²) >= 11 is 0. The standard InChI is InChI=1S/C18H21N5O/c1-22(18(14-24-2)17-10-6-7-11-19-17)12-15-13-23(21-20-15)16-8-4-3-5-9-16/h3-11,13,18H,12,14H2,1-2H3/t18-/m1/s1. The first-order valence-corrected chi connectivity index (χ1v) is 7.84. The third kappa shape index (κ3) is 3.84. The van der Waals surface area contributed by atoms with Crippen molar-refractivity contribution in [1.82, 2.24) is 24.9 Å². The van der Waals surface area contributed by atoms with E-state index < -0.39 is 0 Å². The van der Waals surface area contributed by atoms with Crippen LogP contribution in [0.25, 0.3) is 5.69 Å². The molecule has 0 saturated heterocycles. The fraction of sp³-hybridized carbons (Fsp3) is 0.278. The smallest absolute Gasteiger partial charge is 0.0971 e. The van der Waals surface area contributed by atoms with Crippen LogP contribution in [0, 0.1) is 0 Å². The highest BCUT2D eigenvalue weighted by Gasteiger charge is 2.19. The molecule has 124 valence electrons. The van der Waals surface area contributed by atoms with Gasteiger partial charge in [-0.3, -0.25) is 9.88 Å². The van der Waals surface area contributed by atoms with Gasteiger partial charge in [0.15, 0.2) is 0 Å².